The molecule has 0 radical (unpaired) electrons. The van der Waals surface area contributed by atoms with E-state index in [0.29, 0.717) is 16.9 Å². The van der Waals surface area contributed by atoms with Crippen molar-refractivity contribution in [2.45, 2.75) is 31.7 Å². The van der Waals surface area contributed by atoms with Crippen molar-refractivity contribution < 1.29 is 17.5 Å². The fourth-order valence-electron chi connectivity index (χ4n) is 3.85. The van der Waals surface area contributed by atoms with Gasteiger partial charge in [0.2, 0.25) is 10.0 Å². The van der Waals surface area contributed by atoms with Gasteiger partial charge in [-0.3, -0.25) is 0 Å². The Kier molecular flexibility index (Phi) is 6.69. The van der Waals surface area contributed by atoms with Crippen molar-refractivity contribution in [3.63, 3.8) is 0 Å². The lowest BCUT2D eigenvalue weighted by atomic mass is 10.0. The van der Waals surface area contributed by atoms with Gasteiger partial charge >= 0.3 is 0 Å². The number of ether oxygens (including phenoxy) is 1. The van der Waals surface area contributed by atoms with E-state index in [0.717, 1.165) is 37.4 Å². The molecule has 0 saturated carbocycles. The van der Waals surface area contributed by atoms with Crippen LogP contribution in [-0.4, -0.2) is 53.7 Å². The van der Waals surface area contributed by atoms with Gasteiger partial charge in [-0.25, -0.2) is 17.5 Å². The van der Waals surface area contributed by atoms with Gasteiger partial charge in [0.25, 0.3) is 0 Å². The second-order valence-electron chi connectivity index (χ2n) is 7.85. The minimum atomic E-state index is -3.81. The van der Waals surface area contributed by atoms with Crippen molar-refractivity contribution in [3.05, 3.63) is 52.8 Å². The van der Waals surface area contributed by atoms with Crippen molar-refractivity contribution in [3.8, 4) is 5.75 Å². The molecule has 0 bridgehead atoms. The van der Waals surface area contributed by atoms with E-state index >= 15 is 0 Å². The third kappa shape index (κ3) is 4.61. The molecule has 2 aromatic carbocycles. The van der Waals surface area contributed by atoms with E-state index in [1.54, 1.807) is 39.2 Å². The van der Waals surface area contributed by atoms with Gasteiger partial charge in [-0.05, 0) is 74.8 Å². The summed E-state index contributed by atoms with van der Waals surface area (Å²) in [6.07, 6.45) is 0. The molecular formula is C22H30FN3O3S. The summed E-state index contributed by atoms with van der Waals surface area (Å²) in [4.78, 5) is 4.62. The lowest BCUT2D eigenvalue weighted by molar-refractivity contribution is 0.312. The van der Waals surface area contributed by atoms with Crippen molar-refractivity contribution in [2.24, 2.45) is 0 Å². The molecule has 1 atom stereocenters. The molecule has 3 rings (SSSR count). The zero-order chi connectivity index (χ0) is 22.1. The van der Waals surface area contributed by atoms with Crippen LogP contribution in [0.1, 0.15) is 29.7 Å². The average molecular weight is 436 g/mol. The van der Waals surface area contributed by atoms with Crippen molar-refractivity contribution in [2.75, 3.05) is 45.2 Å². The molecule has 0 aliphatic carbocycles. The predicted molar refractivity (Wildman–Crippen MR) is 117 cm³/mol. The van der Waals surface area contributed by atoms with E-state index in [-0.39, 0.29) is 10.7 Å². The van der Waals surface area contributed by atoms with Crippen LogP contribution in [0.5, 0.6) is 5.75 Å². The van der Waals surface area contributed by atoms with Crippen molar-refractivity contribution >= 4 is 15.7 Å². The number of benzene rings is 2. The van der Waals surface area contributed by atoms with Crippen LogP contribution in [0.15, 0.2) is 35.2 Å². The number of nitrogens with zero attached hydrogens (tertiary/aromatic N) is 2. The first-order valence-corrected chi connectivity index (χ1v) is 11.5. The normalized spacial score (nSPS) is 16.5. The highest BCUT2D eigenvalue weighted by Gasteiger charge is 2.25. The summed E-state index contributed by atoms with van der Waals surface area (Å²) >= 11 is 0. The van der Waals surface area contributed by atoms with Gasteiger partial charge < -0.3 is 14.5 Å². The first-order chi connectivity index (χ1) is 14.1. The summed E-state index contributed by atoms with van der Waals surface area (Å²) in [6, 6.07) is 7.19. The number of methoxy groups -OCH3 is 1. The summed E-state index contributed by atoms with van der Waals surface area (Å²) in [6.45, 7) is 8.76. The molecule has 164 valence electrons. The third-order valence-corrected chi connectivity index (χ3v) is 7.51. The molecule has 1 aliphatic heterocycles. The molecule has 0 amide bonds. The maximum Gasteiger partial charge on any atom is 0.241 e. The van der Waals surface area contributed by atoms with Crippen molar-refractivity contribution in [1.82, 2.24) is 9.62 Å². The van der Waals surface area contributed by atoms with Gasteiger partial charge in [0.15, 0.2) is 0 Å². The fourth-order valence-corrected chi connectivity index (χ4v) is 5.37. The number of sulfonamides is 1. The van der Waals surface area contributed by atoms with Crippen LogP contribution in [0.4, 0.5) is 10.1 Å². The first-order valence-electron chi connectivity index (χ1n) is 10.0. The lowest BCUT2D eigenvalue weighted by Crippen LogP contribution is -2.45. The molecule has 30 heavy (non-hydrogen) atoms. The number of piperazine rings is 1. The van der Waals surface area contributed by atoms with Crippen LogP contribution >= 0.6 is 0 Å². The molecule has 0 aromatic heterocycles. The number of likely N-dealkylation sites (N-methyl/N-ethyl adjacent to an activating group) is 1. The summed E-state index contributed by atoms with van der Waals surface area (Å²) in [5.74, 6) is 0.257. The zero-order valence-corrected chi connectivity index (χ0v) is 19.0. The third-order valence-electron chi connectivity index (χ3n) is 5.83. The van der Waals surface area contributed by atoms with Crippen LogP contribution in [0, 0.1) is 19.7 Å². The average Bonchev–Trinajstić information content (AvgIpc) is 2.70. The highest BCUT2D eigenvalue weighted by Crippen LogP contribution is 2.31. The molecule has 8 heteroatoms. The molecule has 1 saturated heterocycles. The van der Waals surface area contributed by atoms with Gasteiger partial charge in [0.1, 0.15) is 11.6 Å². The van der Waals surface area contributed by atoms with Crippen LogP contribution in [0.2, 0.25) is 0 Å². The molecule has 1 aliphatic rings. The Balaban J connectivity index is 1.91. The standard InChI is InChI=1S/C22H30FN3O3S/c1-15-16(2)22(9-8-21(15)29-5)30(27,28)24-17(3)19-14-18(23)6-7-20(19)26-12-10-25(4)11-13-26/h6-9,14,17,24H,10-13H2,1-5H3. The Morgan fingerprint density at radius 1 is 1.07 bits per heavy atom. The number of halogens is 1. The Labute approximate surface area is 178 Å². The first kappa shape index (κ1) is 22.5. The molecule has 0 spiro atoms. The summed E-state index contributed by atoms with van der Waals surface area (Å²) in [5.41, 5.74) is 2.90. The second-order valence-corrected chi connectivity index (χ2v) is 9.53. The van der Waals surface area contributed by atoms with Gasteiger partial charge in [0, 0.05) is 37.9 Å². The van der Waals surface area contributed by atoms with Crippen molar-refractivity contribution in [1.29, 1.82) is 0 Å². The maximum atomic E-state index is 14.1. The van der Waals surface area contributed by atoms with Crippen LogP contribution in [0.3, 0.4) is 0 Å². The van der Waals surface area contributed by atoms with E-state index in [1.807, 2.05) is 6.92 Å². The van der Waals surface area contributed by atoms with E-state index in [1.165, 1.54) is 12.1 Å². The molecular weight excluding hydrogens is 405 g/mol. The maximum absolute atomic E-state index is 14.1. The largest absolute Gasteiger partial charge is 0.496 e. The number of hydrogen-bond donors (Lipinski definition) is 1. The number of nitrogens with one attached hydrogen (secondary N) is 1. The Hall–Kier alpha value is -2.16. The SMILES string of the molecule is COc1ccc(S(=O)(=O)NC(C)c2cc(F)ccc2N2CCN(C)CC2)c(C)c1C. The van der Waals surface area contributed by atoms with Gasteiger partial charge in [-0.2, -0.15) is 0 Å². The second kappa shape index (κ2) is 8.91. The molecule has 2 aromatic rings. The molecule has 1 fully saturated rings. The smallest absolute Gasteiger partial charge is 0.241 e. The molecule has 6 nitrogen and oxygen atoms in total. The summed E-state index contributed by atoms with van der Waals surface area (Å²) < 4.78 is 48.4. The quantitative estimate of drug-likeness (QED) is 0.755. The van der Waals surface area contributed by atoms with Crippen LogP contribution < -0.4 is 14.4 Å². The van der Waals surface area contributed by atoms with E-state index in [9.17, 15) is 12.8 Å². The van der Waals surface area contributed by atoms with Crippen LogP contribution in [-0.2, 0) is 10.0 Å². The monoisotopic (exact) mass is 435 g/mol. The molecule has 1 heterocycles. The number of anilines is 1. The minimum Gasteiger partial charge on any atom is -0.496 e. The van der Waals surface area contributed by atoms with E-state index in [4.69, 9.17) is 4.74 Å². The predicted octanol–water partition coefficient (Wildman–Crippen LogP) is 3.24. The highest BCUT2D eigenvalue weighted by molar-refractivity contribution is 7.89. The minimum absolute atomic E-state index is 0.199. The van der Waals surface area contributed by atoms with E-state index in [2.05, 4.69) is 21.6 Å². The van der Waals surface area contributed by atoms with E-state index < -0.39 is 16.1 Å². The summed E-state index contributed by atoms with van der Waals surface area (Å²) in [7, 11) is -0.186. The highest BCUT2D eigenvalue weighted by atomic mass is 32.2. The Morgan fingerprint density at radius 2 is 1.73 bits per heavy atom. The molecule has 1 unspecified atom stereocenters. The fraction of sp³-hybridized carbons (Fsp3) is 0.455. The number of rotatable bonds is 6. The molecule has 1 N–H and O–H groups in total. The Morgan fingerprint density at radius 3 is 2.37 bits per heavy atom. The van der Waals surface area contributed by atoms with Gasteiger partial charge in [-0.15, -0.1) is 0 Å². The number of hydrogen-bond acceptors (Lipinski definition) is 5. The summed E-state index contributed by atoms with van der Waals surface area (Å²) in [5, 5.41) is 0. The van der Waals surface area contributed by atoms with Crippen LogP contribution in [0.25, 0.3) is 0 Å². The topological polar surface area (TPSA) is 61.9 Å². The lowest BCUT2D eigenvalue weighted by Gasteiger charge is -2.36. The van der Waals surface area contributed by atoms with Gasteiger partial charge in [0.05, 0.1) is 12.0 Å². The van der Waals surface area contributed by atoms with Gasteiger partial charge in [-0.1, -0.05) is 0 Å². The zero-order valence-electron chi connectivity index (χ0n) is 18.2. The Bertz CT molecular complexity index is 1020.